The van der Waals surface area contributed by atoms with Gasteiger partial charge in [-0.1, -0.05) is 12.1 Å². The van der Waals surface area contributed by atoms with Crippen LogP contribution in [0.15, 0.2) is 24.3 Å². The van der Waals surface area contributed by atoms with Gasteiger partial charge < -0.3 is 9.72 Å². The monoisotopic (exact) mass is 282 g/mol. The van der Waals surface area contributed by atoms with Crippen LogP contribution < -0.4 is 4.72 Å². The van der Waals surface area contributed by atoms with Crippen LogP contribution in [0.3, 0.4) is 0 Å². The number of carbonyl (C=O) groups is 1. The number of nitrogens with one attached hydrogen (secondary N) is 2. The Morgan fingerprint density at radius 2 is 2.16 bits per heavy atom. The number of ether oxygens (including phenoxy) is 1. The first kappa shape index (κ1) is 13.4. The number of anilines is 1. The summed E-state index contributed by atoms with van der Waals surface area (Å²) in [6, 6.07) is 6.73. The van der Waals surface area contributed by atoms with Crippen LogP contribution in [0.2, 0.25) is 0 Å². The van der Waals surface area contributed by atoms with E-state index in [0.717, 1.165) is 11.6 Å². The lowest BCUT2D eigenvalue weighted by Crippen LogP contribution is -2.10. The summed E-state index contributed by atoms with van der Waals surface area (Å²) in [4.78, 5) is 14.5. The van der Waals surface area contributed by atoms with E-state index in [-0.39, 0.29) is 6.61 Å². The summed E-state index contributed by atoms with van der Waals surface area (Å²) in [6.45, 7) is 2.00. The van der Waals surface area contributed by atoms with E-state index in [1.165, 1.54) is 0 Å². The predicted octanol–water partition coefficient (Wildman–Crippen LogP) is 1.72. The number of aromatic nitrogens is 1. The van der Waals surface area contributed by atoms with E-state index in [1.807, 2.05) is 0 Å². The summed E-state index contributed by atoms with van der Waals surface area (Å²) in [5, 5.41) is 0.733. The summed E-state index contributed by atoms with van der Waals surface area (Å²) < 4.78 is 29.8. The van der Waals surface area contributed by atoms with E-state index >= 15 is 0 Å². The number of hydrogen-bond acceptors (Lipinski definition) is 4. The number of carbonyl (C=O) groups excluding carboxylic acids is 1. The number of rotatable bonds is 4. The smallest absolute Gasteiger partial charge is 0.354 e. The van der Waals surface area contributed by atoms with Crippen LogP contribution in [0.1, 0.15) is 17.4 Å². The standard InChI is InChI=1S/C12H14N2O4S/c1-3-18-12(15)10-7-8-5-4-6-9(11(8)13-10)14-19(2,16)17/h4-7,13-14H,3H2,1-2H3. The molecular formula is C12H14N2O4S. The molecule has 2 N–H and O–H groups in total. The highest BCUT2D eigenvalue weighted by atomic mass is 32.2. The largest absolute Gasteiger partial charge is 0.461 e. The molecule has 0 amide bonds. The predicted molar refractivity (Wildman–Crippen MR) is 72.7 cm³/mol. The SMILES string of the molecule is CCOC(=O)c1cc2cccc(NS(C)(=O)=O)c2[nH]1. The molecule has 1 heterocycles. The Kier molecular flexibility index (Phi) is 3.48. The number of fused-ring (bicyclic) bond motifs is 1. The molecule has 0 unspecified atom stereocenters. The zero-order valence-corrected chi connectivity index (χ0v) is 11.4. The average Bonchev–Trinajstić information content (AvgIpc) is 2.72. The molecule has 19 heavy (non-hydrogen) atoms. The van der Waals surface area contributed by atoms with E-state index in [1.54, 1.807) is 31.2 Å². The summed E-state index contributed by atoms with van der Waals surface area (Å²) >= 11 is 0. The summed E-state index contributed by atoms with van der Waals surface area (Å²) in [5.41, 5.74) is 1.24. The fourth-order valence-electron chi connectivity index (χ4n) is 1.76. The number of hydrogen-bond donors (Lipinski definition) is 2. The van der Waals surface area contributed by atoms with Crippen molar-refractivity contribution in [2.24, 2.45) is 0 Å². The number of benzene rings is 1. The third kappa shape index (κ3) is 3.05. The molecule has 2 aromatic rings. The molecule has 0 bridgehead atoms. The zero-order valence-electron chi connectivity index (χ0n) is 10.6. The van der Waals surface area contributed by atoms with Crippen molar-refractivity contribution in [3.05, 3.63) is 30.0 Å². The molecular weight excluding hydrogens is 268 g/mol. The Morgan fingerprint density at radius 1 is 1.42 bits per heavy atom. The average molecular weight is 282 g/mol. The van der Waals surface area contributed by atoms with Crippen LogP contribution in [0, 0.1) is 0 Å². The van der Waals surface area contributed by atoms with E-state index in [0.29, 0.717) is 16.9 Å². The van der Waals surface area contributed by atoms with E-state index < -0.39 is 16.0 Å². The van der Waals surface area contributed by atoms with Gasteiger partial charge in [0, 0.05) is 5.39 Å². The van der Waals surface area contributed by atoms with Gasteiger partial charge in [-0.2, -0.15) is 0 Å². The first-order chi connectivity index (χ1) is 8.90. The lowest BCUT2D eigenvalue weighted by atomic mass is 10.2. The number of esters is 1. The second-order valence-electron chi connectivity index (χ2n) is 4.05. The van der Waals surface area contributed by atoms with Crippen LogP contribution in [0.5, 0.6) is 0 Å². The molecule has 0 aliphatic carbocycles. The van der Waals surface area contributed by atoms with Gasteiger partial charge in [-0.25, -0.2) is 13.2 Å². The zero-order chi connectivity index (χ0) is 14.0. The van der Waals surface area contributed by atoms with Crippen molar-refractivity contribution < 1.29 is 17.9 Å². The van der Waals surface area contributed by atoms with Crippen LogP contribution in [0.25, 0.3) is 10.9 Å². The lowest BCUT2D eigenvalue weighted by Gasteiger charge is -2.04. The fraction of sp³-hybridized carbons (Fsp3) is 0.250. The van der Waals surface area contributed by atoms with Gasteiger partial charge in [-0.15, -0.1) is 0 Å². The highest BCUT2D eigenvalue weighted by Gasteiger charge is 2.13. The molecule has 0 radical (unpaired) electrons. The second kappa shape index (κ2) is 4.93. The van der Waals surface area contributed by atoms with Crippen molar-refractivity contribution in [2.45, 2.75) is 6.92 Å². The Labute approximate surface area is 110 Å². The number of sulfonamides is 1. The van der Waals surface area contributed by atoms with Gasteiger partial charge in [0.2, 0.25) is 10.0 Å². The van der Waals surface area contributed by atoms with Crippen LogP contribution >= 0.6 is 0 Å². The molecule has 6 nitrogen and oxygen atoms in total. The van der Waals surface area contributed by atoms with Crippen LogP contribution in [-0.4, -0.2) is 32.2 Å². The first-order valence-corrected chi connectivity index (χ1v) is 7.56. The molecule has 0 saturated heterocycles. The molecule has 0 saturated carbocycles. The molecule has 0 aliphatic rings. The maximum absolute atomic E-state index is 11.6. The third-order valence-corrected chi connectivity index (χ3v) is 3.04. The molecule has 1 aromatic carbocycles. The van der Waals surface area contributed by atoms with Crippen LogP contribution in [0.4, 0.5) is 5.69 Å². The van der Waals surface area contributed by atoms with Gasteiger partial charge in [0.05, 0.1) is 24.1 Å². The summed E-state index contributed by atoms with van der Waals surface area (Å²) in [7, 11) is -3.38. The molecule has 0 atom stereocenters. The highest BCUT2D eigenvalue weighted by Crippen LogP contribution is 2.24. The molecule has 2 rings (SSSR count). The third-order valence-electron chi connectivity index (χ3n) is 2.45. The van der Waals surface area contributed by atoms with E-state index in [4.69, 9.17) is 4.74 Å². The Bertz CT molecular complexity index is 718. The highest BCUT2D eigenvalue weighted by molar-refractivity contribution is 7.92. The summed E-state index contributed by atoms with van der Waals surface area (Å²) in [6.07, 6.45) is 1.07. The molecule has 0 fully saturated rings. The molecule has 7 heteroatoms. The van der Waals surface area contributed by atoms with Gasteiger partial charge in [0.25, 0.3) is 0 Å². The van der Waals surface area contributed by atoms with Crippen molar-refractivity contribution in [3.63, 3.8) is 0 Å². The summed E-state index contributed by atoms with van der Waals surface area (Å²) in [5.74, 6) is -0.469. The van der Waals surface area contributed by atoms with Crippen LogP contribution in [-0.2, 0) is 14.8 Å². The minimum absolute atomic E-state index is 0.280. The van der Waals surface area contributed by atoms with Crippen molar-refractivity contribution in [1.29, 1.82) is 0 Å². The molecule has 102 valence electrons. The number of para-hydroxylation sites is 1. The van der Waals surface area contributed by atoms with E-state index in [9.17, 15) is 13.2 Å². The molecule has 0 aliphatic heterocycles. The second-order valence-corrected chi connectivity index (χ2v) is 5.80. The normalized spacial score (nSPS) is 11.5. The van der Waals surface area contributed by atoms with Crippen molar-refractivity contribution in [2.75, 3.05) is 17.6 Å². The van der Waals surface area contributed by atoms with Crippen molar-refractivity contribution in [3.8, 4) is 0 Å². The minimum Gasteiger partial charge on any atom is -0.461 e. The Morgan fingerprint density at radius 3 is 2.79 bits per heavy atom. The maximum Gasteiger partial charge on any atom is 0.354 e. The van der Waals surface area contributed by atoms with Gasteiger partial charge in [-0.05, 0) is 19.1 Å². The molecule has 1 aromatic heterocycles. The minimum atomic E-state index is -3.38. The topological polar surface area (TPSA) is 88.3 Å². The fourth-order valence-corrected chi connectivity index (χ4v) is 2.33. The van der Waals surface area contributed by atoms with Gasteiger partial charge >= 0.3 is 5.97 Å². The number of aromatic amines is 1. The van der Waals surface area contributed by atoms with Crippen molar-refractivity contribution in [1.82, 2.24) is 4.98 Å². The Balaban J connectivity index is 2.48. The number of H-pyrrole nitrogens is 1. The van der Waals surface area contributed by atoms with E-state index in [2.05, 4.69) is 9.71 Å². The lowest BCUT2D eigenvalue weighted by molar-refractivity contribution is 0.0520. The quantitative estimate of drug-likeness (QED) is 0.836. The molecule has 0 spiro atoms. The first-order valence-electron chi connectivity index (χ1n) is 5.67. The van der Waals surface area contributed by atoms with Gasteiger partial charge in [-0.3, -0.25) is 4.72 Å². The maximum atomic E-state index is 11.6. The van der Waals surface area contributed by atoms with Crippen molar-refractivity contribution >= 4 is 32.6 Å². The van der Waals surface area contributed by atoms with Gasteiger partial charge in [0.1, 0.15) is 5.69 Å². The van der Waals surface area contributed by atoms with Gasteiger partial charge in [0.15, 0.2) is 0 Å². The Hall–Kier alpha value is -2.02.